The van der Waals surface area contributed by atoms with Crippen molar-refractivity contribution in [2.45, 2.75) is 26.7 Å². The van der Waals surface area contributed by atoms with E-state index in [9.17, 15) is 0 Å². The Balaban J connectivity index is 3.52. The van der Waals surface area contributed by atoms with E-state index in [0.29, 0.717) is 11.8 Å². The van der Waals surface area contributed by atoms with Crippen molar-refractivity contribution in [3.8, 4) is 12.3 Å². The van der Waals surface area contributed by atoms with Crippen LogP contribution in [0.25, 0.3) is 0 Å². The molecule has 0 bridgehead atoms. The molecule has 0 fully saturated rings. The summed E-state index contributed by atoms with van der Waals surface area (Å²) < 4.78 is 0. The lowest BCUT2D eigenvalue weighted by atomic mass is 9.92. The minimum absolute atomic E-state index is 0.403. The highest BCUT2D eigenvalue weighted by Crippen LogP contribution is 2.15. The fraction of sp³-hybridized carbons (Fsp3) is 0.600. The molecule has 0 aromatic heterocycles. The molecule has 0 aliphatic heterocycles. The van der Waals surface area contributed by atoms with Crippen LogP contribution in [0.3, 0.4) is 0 Å². The zero-order valence-electron chi connectivity index (χ0n) is 6.93. The number of rotatable bonds is 4. The SMILES string of the molecule is C#CC(C)C(C)CCC=C. The van der Waals surface area contributed by atoms with Crippen LogP contribution in [0.5, 0.6) is 0 Å². The third kappa shape index (κ3) is 3.35. The highest BCUT2D eigenvalue weighted by atomic mass is 14.1. The minimum Gasteiger partial charge on any atom is -0.120 e. The molecule has 2 atom stereocenters. The zero-order chi connectivity index (χ0) is 7.98. The number of hydrogen-bond acceptors (Lipinski definition) is 0. The largest absolute Gasteiger partial charge is 0.120 e. The number of allylic oxidation sites excluding steroid dienone is 1. The van der Waals surface area contributed by atoms with Gasteiger partial charge in [0, 0.05) is 5.92 Å². The van der Waals surface area contributed by atoms with Crippen LogP contribution in [-0.4, -0.2) is 0 Å². The second kappa shape index (κ2) is 5.11. The van der Waals surface area contributed by atoms with Gasteiger partial charge in [-0.2, -0.15) is 0 Å². The van der Waals surface area contributed by atoms with Crippen molar-refractivity contribution in [2.24, 2.45) is 11.8 Å². The molecule has 0 N–H and O–H groups in total. The fourth-order valence-corrected chi connectivity index (χ4v) is 0.795. The van der Waals surface area contributed by atoms with Gasteiger partial charge in [0.2, 0.25) is 0 Å². The first-order chi connectivity index (χ1) is 4.72. The normalized spacial score (nSPS) is 15.3. The predicted octanol–water partition coefficient (Wildman–Crippen LogP) is 2.86. The fourth-order valence-electron chi connectivity index (χ4n) is 0.795. The summed E-state index contributed by atoms with van der Waals surface area (Å²) in [5.41, 5.74) is 0. The Morgan fingerprint density at radius 3 is 2.60 bits per heavy atom. The lowest BCUT2D eigenvalue weighted by Crippen LogP contribution is -2.04. The standard InChI is InChI=1S/C10H16/c1-5-7-8-10(4)9(3)6-2/h2,5,9-10H,1,7-8H2,3-4H3. The topological polar surface area (TPSA) is 0 Å². The van der Waals surface area contributed by atoms with E-state index in [-0.39, 0.29) is 0 Å². The van der Waals surface area contributed by atoms with Crippen LogP contribution in [0.15, 0.2) is 12.7 Å². The monoisotopic (exact) mass is 136 g/mol. The van der Waals surface area contributed by atoms with Gasteiger partial charge >= 0.3 is 0 Å². The lowest BCUT2D eigenvalue weighted by Gasteiger charge is -2.12. The van der Waals surface area contributed by atoms with E-state index in [4.69, 9.17) is 6.42 Å². The Morgan fingerprint density at radius 2 is 2.20 bits per heavy atom. The van der Waals surface area contributed by atoms with E-state index < -0.39 is 0 Å². The van der Waals surface area contributed by atoms with Crippen molar-refractivity contribution in [3.63, 3.8) is 0 Å². The molecule has 0 aliphatic carbocycles. The van der Waals surface area contributed by atoms with Gasteiger partial charge in [0.1, 0.15) is 0 Å². The molecule has 0 nitrogen and oxygen atoms in total. The number of hydrogen-bond donors (Lipinski definition) is 0. The molecule has 0 spiro atoms. The quantitative estimate of drug-likeness (QED) is 0.412. The van der Waals surface area contributed by atoms with Gasteiger partial charge < -0.3 is 0 Å². The number of terminal acetylenes is 1. The Bertz CT molecular complexity index is 127. The summed E-state index contributed by atoms with van der Waals surface area (Å²) in [5, 5.41) is 0. The second-order valence-electron chi connectivity index (χ2n) is 2.80. The Kier molecular flexibility index (Phi) is 4.76. The van der Waals surface area contributed by atoms with Crippen LogP contribution in [0.4, 0.5) is 0 Å². The van der Waals surface area contributed by atoms with Crippen LogP contribution in [0, 0.1) is 24.2 Å². The van der Waals surface area contributed by atoms with Crippen LogP contribution < -0.4 is 0 Å². The molecule has 0 saturated heterocycles. The van der Waals surface area contributed by atoms with E-state index in [0.717, 1.165) is 12.8 Å². The van der Waals surface area contributed by atoms with E-state index >= 15 is 0 Å². The van der Waals surface area contributed by atoms with Crippen molar-refractivity contribution in [1.82, 2.24) is 0 Å². The zero-order valence-corrected chi connectivity index (χ0v) is 6.93. The van der Waals surface area contributed by atoms with Crippen molar-refractivity contribution >= 4 is 0 Å². The summed E-state index contributed by atoms with van der Waals surface area (Å²) in [6.45, 7) is 7.95. The molecule has 0 heterocycles. The average molecular weight is 136 g/mol. The summed E-state index contributed by atoms with van der Waals surface area (Å²) >= 11 is 0. The van der Waals surface area contributed by atoms with E-state index in [2.05, 4.69) is 26.3 Å². The molecule has 56 valence electrons. The summed E-state index contributed by atoms with van der Waals surface area (Å²) in [4.78, 5) is 0. The average Bonchev–Trinajstić information content (AvgIpc) is 1.98. The summed E-state index contributed by atoms with van der Waals surface area (Å²) in [5.74, 6) is 3.77. The van der Waals surface area contributed by atoms with E-state index in [1.807, 2.05) is 6.08 Å². The molecule has 2 unspecified atom stereocenters. The maximum absolute atomic E-state index is 5.27. The van der Waals surface area contributed by atoms with Crippen molar-refractivity contribution < 1.29 is 0 Å². The van der Waals surface area contributed by atoms with Gasteiger partial charge in [-0.3, -0.25) is 0 Å². The highest BCUT2D eigenvalue weighted by Gasteiger charge is 2.06. The van der Waals surface area contributed by atoms with E-state index in [1.165, 1.54) is 0 Å². The molecule has 0 amide bonds. The molecule has 0 heteroatoms. The van der Waals surface area contributed by atoms with Gasteiger partial charge in [-0.05, 0) is 18.8 Å². The molecular formula is C10H16. The molecule has 0 saturated carbocycles. The molecule has 0 aromatic rings. The first-order valence-electron chi connectivity index (χ1n) is 3.79. The third-order valence-electron chi connectivity index (χ3n) is 1.94. The first kappa shape index (κ1) is 9.30. The molecule has 0 rings (SSSR count). The van der Waals surface area contributed by atoms with Crippen molar-refractivity contribution in [1.29, 1.82) is 0 Å². The molecule has 10 heavy (non-hydrogen) atoms. The van der Waals surface area contributed by atoms with Gasteiger partial charge in [0.15, 0.2) is 0 Å². The van der Waals surface area contributed by atoms with Gasteiger partial charge in [0.05, 0.1) is 0 Å². The van der Waals surface area contributed by atoms with Crippen molar-refractivity contribution in [3.05, 3.63) is 12.7 Å². The minimum atomic E-state index is 0.403. The molecule has 0 aromatic carbocycles. The van der Waals surface area contributed by atoms with Crippen LogP contribution in [0.1, 0.15) is 26.7 Å². The maximum Gasteiger partial charge on any atom is 0.0197 e. The predicted molar refractivity (Wildman–Crippen MR) is 46.6 cm³/mol. The van der Waals surface area contributed by atoms with Gasteiger partial charge in [-0.15, -0.1) is 18.9 Å². The third-order valence-corrected chi connectivity index (χ3v) is 1.94. The molecule has 0 aliphatic rings. The van der Waals surface area contributed by atoms with Crippen LogP contribution in [-0.2, 0) is 0 Å². The van der Waals surface area contributed by atoms with Gasteiger partial charge in [-0.1, -0.05) is 19.9 Å². The lowest BCUT2D eigenvalue weighted by molar-refractivity contribution is 0.443. The second-order valence-corrected chi connectivity index (χ2v) is 2.80. The van der Waals surface area contributed by atoms with Crippen LogP contribution in [0.2, 0.25) is 0 Å². The maximum atomic E-state index is 5.27. The van der Waals surface area contributed by atoms with Gasteiger partial charge in [0.25, 0.3) is 0 Å². The van der Waals surface area contributed by atoms with Crippen LogP contribution >= 0.6 is 0 Å². The van der Waals surface area contributed by atoms with Crippen molar-refractivity contribution in [2.75, 3.05) is 0 Å². The Labute approximate surface area is 64.3 Å². The smallest absolute Gasteiger partial charge is 0.0197 e. The van der Waals surface area contributed by atoms with Gasteiger partial charge in [-0.25, -0.2) is 0 Å². The van der Waals surface area contributed by atoms with E-state index in [1.54, 1.807) is 0 Å². The Morgan fingerprint density at radius 1 is 1.60 bits per heavy atom. The summed E-state index contributed by atoms with van der Waals surface area (Å²) in [7, 11) is 0. The first-order valence-corrected chi connectivity index (χ1v) is 3.79. The Hall–Kier alpha value is -0.700. The highest BCUT2D eigenvalue weighted by molar-refractivity contribution is 4.93. The summed E-state index contributed by atoms with van der Waals surface area (Å²) in [6.07, 6.45) is 9.45. The molecule has 0 radical (unpaired) electrons. The molecular weight excluding hydrogens is 120 g/mol. The summed E-state index contributed by atoms with van der Waals surface area (Å²) in [6, 6.07) is 0.